The molecule has 0 aliphatic carbocycles. The fourth-order valence-corrected chi connectivity index (χ4v) is 3.39. The van der Waals surface area contributed by atoms with E-state index in [0.29, 0.717) is 12.2 Å². The minimum absolute atomic E-state index is 0.0574. The van der Waals surface area contributed by atoms with Gasteiger partial charge < -0.3 is 10.3 Å². The molecule has 0 saturated carbocycles. The fourth-order valence-electron chi connectivity index (χ4n) is 2.18. The molecule has 1 saturated heterocycles. The second-order valence-electron chi connectivity index (χ2n) is 4.95. The molecule has 6 nitrogen and oxygen atoms in total. The zero-order valence-corrected chi connectivity index (χ0v) is 12.2. The summed E-state index contributed by atoms with van der Waals surface area (Å²) in [5.41, 5.74) is 0. The van der Waals surface area contributed by atoms with Gasteiger partial charge in [-0.05, 0) is 12.8 Å². The number of aromatic nitrogens is 2. The van der Waals surface area contributed by atoms with Crippen molar-refractivity contribution in [3.05, 3.63) is 12.0 Å². The summed E-state index contributed by atoms with van der Waals surface area (Å²) in [5, 5.41) is 2.25. The van der Waals surface area contributed by atoms with E-state index in [1.165, 1.54) is 6.20 Å². The SMILES string of the molecule is CCc1ncc(S(=O)(=O)NC2CCC(C(F)(F)F)NC2)[nH]1. The minimum Gasteiger partial charge on any atom is -0.332 e. The van der Waals surface area contributed by atoms with E-state index in [0.717, 1.165) is 0 Å². The molecule has 2 unspecified atom stereocenters. The third-order valence-electron chi connectivity index (χ3n) is 3.36. The van der Waals surface area contributed by atoms with Gasteiger partial charge in [-0.1, -0.05) is 6.92 Å². The maximum Gasteiger partial charge on any atom is 0.403 e. The topological polar surface area (TPSA) is 86.9 Å². The van der Waals surface area contributed by atoms with Gasteiger partial charge in [-0.3, -0.25) is 0 Å². The summed E-state index contributed by atoms with van der Waals surface area (Å²) < 4.78 is 64.0. The Morgan fingerprint density at radius 2 is 2.14 bits per heavy atom. The molecule has 0 aromatic carbocycles. The molecule has 10 heteroatoms. The quantitative estimate of drug-likeness (QED) is 0.768. The van der Waals surface area contributed by atoms with Crippen molar-refractivity contribution in [3.63, 3.8) is 0 Å². The molecule has 1 aromatic heterocycles. The molecular formula is C11H17F3N4O2S. The number of aromatic amines is 1. The number of nitrogens with one attached hydrogen (secondary N) is 3. The van der Waals surface area contributed by atoms with Crippen molar-refractivity contribution in [1.82, 2.24) is 20.0 Å². The minimum atomic E-state index is -4.30. The zero-order valence-electron chi connectivity index (χ0n) is 11.4. The highest BCUT2D eigenvalue weighted by atomic mass is 32.2. The van der Waals surface area contributed by atoms with E-state index in [2.05, 4.69) is 20.0 Å². The van der Waals surface area contributed by atoms with E-state index in [1.807, 2.05) is 6.92 Å². The van der Waals surface area contributed by atoms with Crippen LogP contribution < -0.4 is 10.0 Å². The molecule has 3 N–H and O–H groups in total. The highest BCUT2D eigenvalue weighted by Crippen LogP contribution is 2.26. The monoisotopic (exact) mass is 326 g/mol. The van der Waals surface area contributed by atoms with E-state index >= 15 is 0 Å². The molecule has 0 bridgehead atoms. The molecule has 1 aromatic rings. The molecule has 1 aliphatic rings. The Balaban J connectivity index is 1.96. The average molecular weight is 326 g/mol. The van der Waals surface area contributed by atoms with E-state index in [-0.39, 0.29) is 24.4 Å². The number of alkyl halides is 3. The Hall–Kier alpha value is -1.13. The second-order valence-corrected chi connectivity index (χ2v) is 6.63. The molecule has 120 valence electrons. The molecule has 2 rings (SSSR count). The van der Waals surface area contributed by atoms with Crippen molar-refractivity contribution >= 4 is 10.0 Å². The smallest absolute Gasteiger partial charge is 0.332 e. The molecule has 2 atom stereocenters. The summed E-state index contributed by atoms with van der Waals surface area (Å²) in [5.74, 6) is 0.536. The van der Waals surface area contributed by atoms with Crippen molar-refractivity contribution < 1.29 is 21.6 Å². The van der Waals surface area contributed by atoms with E-state index in [1.54, 1.807) is 0 Å². The summed E-state index contributed by atoms with van der Waals surface area (Å²) in [6.45, 7) is 1.77. The van der Waals surface area contributed by atoms with Crippen LogP contribution in [0, 0.1) is 0 Å². The number of piperidine rings is 1. The van der Waals surface area contributed by atoms with Crippen LogP contribution in [-0.4, -0.2) is 43.2 Å². The molecule has 0 spiro atoms. The number of imidazole rings is 1. The lowest BCUT2D eigenvalue weighted by Crippen LogP contribution is -2.54. The van der Waals surface area contributed by atoms with Gasteiger partial charge in [-0.2, -0.15) is 13.2 Å². The number of hydrogen-bond acceptors (Lipinski definition) is 4. The molecule has 1 fully saturated rings. The van der Waals surface area contributed by atoms with Crippen LogP contribution in [0.2, 0.25) is 0 Å². The fraction of sp³-hybridized carbons (Fsp3) is 0.727. The Labute approximate surface area is 120 Å². The lowest BCUT2D eigenvalue weighted by atomic mass is 10.0. The average Bonchev–Trinajstić information content (AvgIpc) is 2.87. The van der Waals surface area contributed by atoms with Gasteiger partial charge in [0.15, 0.2) is 5.03 Å². The van der Waals surface area contributed by atoms with Crippen LogP contribution >= 0.6 is 0 Å². The van der Waals surface area contributed by atoms with Crippen LogP contribution in [0.15, 0.2) is 11.2 Å². The van der Waals surface area contributed by atoms with E-state index in [9.17, 15) is 21.6 Å². The van der Waals surface area contributed by atoms with Gasteiger partial charge in [-0.15, -0.1) is 0 Å². The van der Waals surface area contributed by atoms with Crippen molar-refractivity contribution in [2.45, 2.75) is 49.5 Å². The van der Waals surface area contributed by atoms with Gasteiger partial charge in [0.25, 0.3) is 10.0 Å². The van der Waals surface area contributed by atoms with Gasteiger partial charge in [0.05, 0.1) is 6.20 Å². The van der Waals surface area contributed by atoms with E-state index < -0.39 is 28.3 Å². The molecule has 1 aliphatic heterocycles. The summed E-state index contributed by atoms with van der Waals surface area (Å²) in [6, 6.07) is -2.14. The number of rotatable bonds is 4. The van der Waals surface area contributed by atoms with Crippen LogP contribution in [-0.2, 0) is 16.4 Å². The first kappa shape index (κ1) is 16.2. The molecule has 0 amide bonds. The highest BCUT2D eigenvalue weighted by molar-refractivity contribution is 7.89. The standard InChI is InChI=1S/C11H17F3N4O2S/c1-2-9-16-6-10(17-9)21(19,20)18-7-3-4-8(15-5-7)11(12,13)14/h6-8,15,18H,2-5H2,1H3,(H,16,17). The summed E-state index contributed by atoms with van der Waals surface area (Å²) in [6.07, 6.45) is -2.56. The predicted molar refractivity (Wildman–Crippen MR) is 69.2 cm³/mol. The van der Waals surface area contributed by atoms with Crippen molar-refractivity contribution in [2.75, 3.05) is 6.54 Å². The van der Waals surface area contributed by atoms with Gasteiger partial charge in [0.2, 0.25) is 0 Å². The van der Waals surface area contributed by atoms with Crippen LogP contribution in [0.3, 0.4) is 0 Å². The summed E-state index contributed by atoms with van der Waals surface area (Å²) in [4.78, 5) is 6.56. The van der Waals surface area contributed by atoms with Crippen LogP contribution in [0.1, 0.15) is 25.6 Å². The van der Waals surface area contributed by atoms with Crippen molar-refractivity contribution in [2.24, 2.45) is 0 Å². The molecule has 21 heavy (non-hydrogen) atoms. The number of H-pyrrole nitrogens is 1. The zero-order chi connectivity index (χ0) is 15.7. The number of hydrogen-bond donors (Lipinski definition) is 3. The Kier molecular flexibility index (Phi) is 4.59. The molecular weight excluding hydrogens is 309 g/mol. The molecule has 0 radical (unpaired) electrons. The first-order valence-corrected chi connectivity index (χ1v) is 8.07. The van der Waals surface area contributed by atoms with E-state index in [4.69, 9.17) is 0 Å². The summed E-state index contributed by atoms with van der Waals surface area (Å²) in [7, 11) is -3.79. The van der Waals surface area contributed by atoms with Crippen LogP contribution in [0.25, 0.3) is 0 Å². The second kappa shape index (κ2) is 5.93. The number of halogens is 3. The maximum atomic E-state index is 12.5. The Morgan fingerprint density at radius 3 is 2.62 bits per heavy atom. The maximum absolute atomic E-state index is 12.5. The highest BCUT2D eigenvalue weighted by Gasteiger charge is 2.42. The van der Waals surface area contributed by atoms with Crippen molar-refractivity contribution in [3.8, 4) is 0 Å². The molecule has 2 heterocycles. The normalized spacial score (nSPS) is 24.2. The number of nitrogens with zero attached hydrogens (tertiary/aromatic N) is 1. The Morgan fingerprint density at radius 1 is 1.43 bits per heavy atom. The first-order chi connectivity index (χ1) is 9.72. The van der Waals surface area contributed by atoms with Crippen molar-refractivity contribution in [1.29, 1.82) is 0 Å². The largest absolute Gasteiger partial charge is 0.403 e. The number of aryl methyl sites for hydroxylation is 1. The van der Waals surface area contributed by atoms with Crippen LogP contribution in [0.5, 0.6) is 0 Å². The predicted octanol–water partition coefficient (Wildman–Crippen LogP) is 0.933. The summed E-state index contributed by atoms with van der Waals surface area (Å²) >= 11 is 0. The third kappa shape index (κ3) is 3.95. The lowest BCUT2D eigenvalue weighted by molar-refractivity contribution is -0.160. The van der Waals surface area contributed by atoms with Gasteiger partial charge >= 0.3 is 6.18 Å². The number of sulfonamides is 1. The third-order valence-corrected chi connectivity index (χ3v) is 4.79. The van der Waals surface area contributed by atoms with Gasteiger partial charge in [0.1, 0.15) is 11.9 Å². The lowest BCUT2D eigenvalue weighted by Gasteiger charge is -2.31. The first-order valence-electron chi connectivity index (χ1n) is 6.58. The van der Waals surface area contributed by atoms with Crippen LogP contribution in [0.4, 0.5) is 13.2 Å². The van der Waals surface area contributed by atoms with Gasteiger partial charge in [0, 0.05) is 19.0 Å². The Bertz CT molecular complexity index is 577. The van der Waals surface area contributed by atoms with Gasteiger partial charge in [-0.25, -0.2) is 18.1 Å².